The third-order valence-corrected chi connectivity index (χ3v) is 3.87. The van der Waals surface area contributed by atoms with Gasteiger partial charge in [-0.1, -0.05) is 17.3 Å². The summed E-state index contributed by atoms with van der Waals surface area (Å²) < 4.78 is 6.95. The molecule has 7 heteroatoms. The van der Waals surface area contributed by atoms with Crippen molar-refractivity contribution in [1.82, 2.24) is 24.7 Å². The van der Waals surface area contributed by atoms with Gasteiger partial charge in [-0.2, -0.15) is 4.98 Å². The quantitative estimate of drug-likeness (QED) is 0.622. The van der Waals surface area contributed by atoms with Crippen LogP contribution < -0.4 is 5.69 Å². The molecule has 0 unspecified atom stereocenters. The maximum Gasteiger partial charge on any atom is 0.330 e. The van der Waals surface area contributed by atoms with Gasteiger partial charge in [0.05, 0.1) is 11.3 Å². The Morgan fingerprint density at radius 1 is 1.12 bits per heavy atom. The van der Waals surface area contributed by atoms with Gasteiger partial charge in [-0.25, -0.2) is 4.79 Å². The molecule has 1 aromatic carbocycles. The molecule has 0 amide bonds. The molecule has 7 nitrogen and oxygen atoms in total. The first-order chi connectivity index (χ1) is 12.1. The van der Waals surface area contributed by atoms with Gasteiger partial charge >= 0.3 is 5.69 Å². The van der Waals surface area contributed by atoms with E-state index in [-0.39, 0.29) is 5.69 Å². The molecule has 3 heterocycles. The number of aryl methyl sites for hydroxylation is 2. The summed E-state index contributed by atoms with van der Waals surface area (Å²) >= 11 is 0. The number of aromatic amines is 1. The molecule has 0 saturated carbocycles. The number of hydrogen-bond donors (Lipinski definition) is 1. The second-order valence-corrected chi connectivity index (χ2v) is 5.80. The van der Waals surface area contributed by atoms with Gasteiger partial charge in [-0.3, -0.25) is 9.55 Å². The summed E-state index contributed by atoms with van der Waals surface area (Å²) in [5, 5.41) is 4.05. The maximum atomic E-state index is 12.0. The summed E-state index contributed by atoms with van der Waals surface area (Å²) in [5.74, 6) is 0.867. The minimum Gasteiger partial charge on any atom is -0.334 e. The van der Waals surface area contributed by atoms with Crippen molar-refractivity contribution in [2.75, 3.05) is 0 Å². The Kier molecular flexibility index (Phi) is 3.53. The molecule has 1 N–H and O–H groups in total. The number of nitrogens with one attached hydrogen (secondary N) is 1. The number of rotatable bonds is 3. The number of H-pyrrole nitrogens is 1. The van der Waals surface area contributed by atoms with Crippen molar-refractivity contribution < 1.29 is 4.52 Å². The lowest BCUT2D eigenvalue weighted by atomic mass is 10.2. The number of nitrogens with zero attached hydrogens (tertiary/aromatic N) is 4. The molecular formula is C18H15N5O2. The van der Waals surface area contributed by atoms with E-state index in [0.29, 0.717) is 11.7 Å². The van der Waals surface area contributed by atoms with E-state index in [1.807, 2.05) is 44.2 Å². The first-order valence-corrected chi connectivity index (χ1v) is 7.75. The molecule has 3 aromatic heterocycles. The van der Waals surface area contributed by atoms with Crippen LogP contribution in [-0.2, 0) is 0 Å². The van der Waals surface area contributed by atoms with Gasteiger partial charge in [0, 0.05) is 29.8 Å². The Morgan fingerprint density at radius 2 is 2.00 bits per heavy atom. The topological polar surface area (TPSA) is 89.6 Å². The zero-order valence-corrected chi connectivity index (χ0v) is 13.7. The lowest BCUT2D eigenvalue weighted by Crippen LogP contribution is -2.15. The minimum absolute atomic E-state index is 0.186. The molecule has 0 aliphatic rings. The molecule has 0 bridgehead atoms. The second kappa shape index (κ2) is 5.86. The average molecular weight is 333 g/mol. The van der Waals surface area contributed by atoms with Gasteiger partial charge < -0.3 is 9.51 Å². The fourth-order valence-electron chi connectivity index (χ4n) is 2.69. The summed E-state index contributed by atoms with van der Waals surface area (Å²) in [6.07, 6.45) is 5.12. The molecule has 4 aromatic rings. The fourth-order valence-corrected chi connectivity index (χ4v) is 2.69. The summed E-state index contributed by atoms with van der Waals surface area (Å²) in [5.41, 5.74) is 3.93. The van der Waals surface area contributed by atoms with Gasteiger partial charge in [0.15, 0.2) is 0 Å². The Hall–Kier alpha value is -3.48. The molecule has 0 aliphatic carbocycles. The van der Waals surface area contributed by atoms with Crippen LogP contribution in [-0.4, -0.2) is 24.7 Å². The highest BCUT2D eigenvalue weighted by Gasteiger charge is 2.13. The van der Waals surface area contributed by atoms with E-state index in [4.69, 9.17) is 4.52 Å². The van der Waals surface area contributed by atoms with Crippen molar-refractivity contribution in [2.45, 2.75) is 13.8 Å². The molecule has 0 saturated heterocycles. The molecule has 0 atom stereocenters. The van der Waals surface area contributed by atoms with Crippen molar-refractivity contribution in [2.24, 2.45) is 0 Å². The molecule has 0 spiro atoms. The Morgan fingerprint density at radius 3 is 2.76 bits per heavy atom. The number of aromatic nitrogens is 5. The SMILES string of the molecule is Cc1cncc(-c2nc(-c3cccc(-n4c(C)c[nH]c4=O)c3)no2)c1. The van der Waals surface area contributed by atoms with Gasteiger partial charge in [0.1, 0.15) is 0 Å². The number of benzene rings is 1. The predicted molar refractivity (Wildman–Crippen MR) is 92.4 cm³/mol. The highest BCUT2D eigenvalue weighted by Crippen LogP contribution is 2.23. The molecule has 4 rings (SSSR count). The van der Waals surface area contributed by atoms with Gasteiger partial charge in [-0.15, -0.1) is 0 Å². The minimum atomic E-state index is -0.186. The highest BCUT2D eigenvalue weighted by molar-refractivity contribution is 5.62. The van der Waals surface area contributed by atoms with E-state index in [2.05, 4.69) is 20.1 Å². The monoisotopic (exact) mass is 333 g/mol. The standard InChI is InChI=1S/C18H15N5O2/c1-11-6-14(10-19-8-11)17-21-16(22-25-17)13-4-3-5-15(7-13)23-12(2)9-20-18(23)24/h3-10H,1-2H3,(H,20,24). The van der Waals surface area contributed by atoms with Crippen molar-refractivity contribution in [3.63, 3.8) is 0 Å². The van der Waals surface area contributed by atoms with Crippen LogP contribution in [0.2, 0.25) is 0 Å². The van der Waals surface area contributed by atoms with E-state index in [9.17, 15) is 4.79 Å². The van der Waals surface area contributed by atoms with Crippen LogP contribution in [0.15, 0.2) is 58.2 Å². The van der Waals surface area contributed by atoms with E-state index < -0.39 is 0 Å². The van der Waals surface area contributed by atoms with Crippen LogP contribution in [0, 0.1) is 13.8 Å². The van der Waals surface area contributed by atoms with Crippen LogP contribution in [0.5, 0.6) is 0 Å². The first kappa shape index (κ1) is 15.1. The summed E-state index contributed by atoms with van der Waals surface area (Å²) in [4.78, 5) is 23.2. The van der Waals surface area contributed by atoms with Crippen molar-refractivity contribution in [1.29, 1.82) is 0 Å². The normalized spacial score (nSPS) is 11.0. The van der Waals surface area contributed by atoms with E-state index in [1.165, 1.54) is 0 Å². The Bertz CT molecular complexity index is 1110. The zero-order chi connectivity index (χ0) is 17.4. The smallest absolute Gasteiger partial charge is 0.330 e. The third kappa shape index (κ3) is 2.76. The van der Waals surface area contributed by atoms with Crippen LogP contribution in [0.3, 0.4) is 0 Å². The Balaban J connectivity index is 1.74. The van der Waals surface area contributed by atoms with Crippen molar-refractivity contribution in [3.05, 3.63) is 70.7 Å². The van der Waals surface area contributed by atoms with Crippen LogP contribution >= 0.6 is 0 Å². The number of pyridine rings is 1. The first-order valence-electron chi connectivity index (χ1n) is 7.75. The molecular weight excluding hydrogens is 318 g/mol. The van der Waals surface area contributed by atoms with Crippen molar-refractivity contribution >= 4 is 0 Å². The molecule has 0 fully saturated rings. The van der Waals surface area contributed by atoms with E-state index >= 15 is 0 Å². The highest BCUT2D eigenvalue weighted by atomic mass is 16.5. The average Bonchev–Trinajstić information content (AvgIpc) is 3.22. The van der Waals surface area contributed by atoms with Crippen molar-refractivity contribution in [3.8, 4) is 28.5 Å². The molecule has 0 aliphatic heterocycles. The predicted octanol–water partition coefficient (Wildman–Crippen LogP) is 2.89. The van der Waals surface area contributed by atoms with Crippen LogP contribution in [0.25, 0.3) is 28.5 Å². The largest absolute Gasteiger partial charge is 0.334 e. The molecule has 124 valence electrons. The maximum absolute atomic E-state index is 12.0. The molecule has 25 heavy (non-hydrogen) atoms. The number of imidazole rings is 1. The van der Waals surface area contributed by atoms with E-state index in [1.54, 1.807) is 23.2 Å². The summed E-state index contributed by atoms with van der Waals surface area (Å²) in [6, 6.07) is 9.37. The zero-order valence-electron chi connectivity index (χ0n) is 13.7. The third-order valence-electron chi connectivity index (χ3n) is 3.87. The second-order valence-electron chi connectivity index (χ2n) is 5.80. The lowest BCUT2D eigenvalue weighted by molar-refractivity contribution is 0.432. The van der Waals surface area contributed by atoms with Gasteiger partial charge in [0.25, 0.3) is 5.89 Å². The fraction of sp³-hybridized carbons (Fsp3) is 0.111. The van der Waals surface area contributed by atoms with E-state index in [0.717, 1.165) is 28.1 Å². The Labute approximate surface area is 143 Å². The molecule has 0 radical (unpaired) electrons. The summed E-state index contributed by atoms with van der Waals surface area (Å²) in [6.45, 7) is 3.82. The summed E-state index contributed by atoms with van der Waals surface area (Å²) in [7, 11) is 0. The van der Waals surface area contributed by atoms with Crippen LogP contribution in [0.1, 0.15) is 11.3 Å². The van der Waals surface area contributed by atoms with Gasteiger partial charge in [0.2, 0.25) is 5.82 Å². The number of hydrogen-bond acceptors (Lipinski definition) is 5. The van der Waals surface area contributed by atoms with Crippen LogP contribution in [0.4, 0.5) is 0 Å². The van der Waals surface area contributed by atoms with Gasteiger partial charge in [-0.05, 0) is 37.6 Å². The lowest BCUT2D eigenvalue weighted by Gasteiger charge is -2.05.